The topological polar surface area (TPSA) is 27.8 Å². The Bertz CT molecular complexity index is 601. The molecule has 1 heterocycles. The van der Waals surface area contributed by atoms with Crippen LogP contribution in [-0.2, 0) is 18.3 Å². The van der Waals surface area contributed by atoms with E-state index >= 15 is 0 Å². The first-order chi connectivity index (χ1) is 8.99. The Kier molecular flexibility index (Phi) is 2.94. The highest BCUT2D eigenvalue weighted by Crippen LogP contribution is 2.32. The second-order valence-electron chi connectivity index (χ2n) is 6.82. The van der Waals surface area contributed by atoms with Crippen molar-refractivity contribution in [2.75, 3.05) is 7.05 Å². The van der Waals surface area contributed by atoms with Gasteiger partial charge < -0.3 is 10.3 Å². The van der Waals surface area contributed by atoms with E-state index < -0.39 is 0 Å². The van der Waals surface area contributed by atoms with Gasteiger partial charge in [0.15, 0.2) is 0 Å². The molecule has 0 aliphatic heterocycles. The predicted octanol–water partition coefficient (Wildman–Crippen LogP) is 3.54. The number of likely N-dealkylation sites (N-methyl/N-ethyl adjacent to an activating group) is 1. The average molecular weight is 256 g/mol. The molecule has 0 fully saturated rings. The molecule has 0 saturated heterocycles. The van der Waals surface area contributed by atoms with Crippen molar-refractivity contribution in [1.29, 1.82) is 0 Å². The smallest absolute Gasteiger partial charge is 0.0459 e. The average Bonchev–Trinajstić information content (AvgIpc) is 2.73. The quantitative estimate of drug-likeness (QED) is 0.802. The molecule has 1 unspecified atom stereocenters. The molecule has 2 heteroatoms. The van der Waals surface area contributed by atoms with Crippen LogP contribution >= 0.6 is 0 Å². The van der Waals surface area contributed by atoms with E-state index in [1.54, 1.807) is 5.56 Å². The van der Waals surface area contributed by atoms with E-state index in [0.717, 1.165) is 6.42 Å². The maximum atomic E-state index is 3.62. The summed E-state index contributed by atoms with van der Waals surface area (Å²) in [7, 11) is 2.07. The van der Waals surface area contributed by atoms with Gasteiger partial charge in [0.1, 0.15) is 0 Å². The van der Waals surface area contributed by atoms with Crippen LogP contribution in [0.4, 0.5) is 0 Å². The third kappa shape index (κ3) is 2.18. The molecule has 0 saturated carbocycles. The van der Waals surface area contributed by atoms with E-state index in [1.807, 2.05) is 0 Å². The highest BCUT2D eigenvalue weighted by molar-refractivity contribution is 5.86. The van der Waals surface area contributed by atoms with Gasteiger partial charge in [-0.1, -0.05) is 26.8 Å². The molecule has 0 radical (unpaired) electrons. The standard InChI is InChI=1S/C17H24N2/c1-17(2,3)11-5-8-15-14(9-11)13-7-6-12(18-4)10-16(13)19-15/h5,8-9,12,18-19H,6-7,10H2,1-4H3. The highest BCUT2D eigenvalue weighted by Gasteiger charge is 2.22. The van der Waals surface area contributed by atoms with Crippen LogP contribution in [-0.4, -0.2) is 18.1 Å². The van der Waals surface area contributed by atoms with E-state index in [-0.39, 0.29) is 5.41 Å². The molecule has 1 atom stereocenters. The summed E-state index contributed by atoms with van der Waals surface area (Å²) >= 11 is 0. The first kappa shape index (κ1) is 12.7. The van der Waals surface area contributed by atoms with E-state index in [2.05, 4.69) is 56.3 Å². The summed E-state index contributed by atoms with van der Waals surface area (Å²) in [6.07, 6.45) is 3.57. The van der Waals surface area contributed by atoms with Crippen molar-refractivity contribution < 1.29 is 0 Å². The van der Waals surface area contributed by atoms with Gasteiger partial charge >= 0.3 is 0 Å². The number of aryl methyl sites for hydroxylation is 1. The van der Waals surface area contributed by atoms with Gasteiger partial charge in [0.2, 0.25) is 0 Å². The van der Waals surface area contributed by atoms with Crippen molar-refractivity contribution in [3.8, 4) is 0 Å². The van der Waals surface area contributed by atoms with Gasteiger partial charge in [-0.25, -0.2) is 0 Å². The molecule has 0 bridgehead atoms. The zero-order valence-electron chi connectivity index (χ0n) is 12.4. The number of aromatic nitrogens is 1. The fraction of sp³-hybridized carbons (Fsp3) is 0.529. The van der Waals surface area contributed by atoms with Crippen molar-refractivity contribution in [2.24, 2.45) is 0 Å². The lowest BCUT2D eigenvalue weighted by atomic mass is 9.85. The Morgan fingerprint density at radius 3 is 2.74 bits per heavy atom. The lowest BCUT2D eigenvalue weighted by Crippen LogP contribution is -2.31. The van der Waals surface area contributed by atoms with E-state index in [0.29, 0.717) is 6.04 Å². The van der Waals surface area contributed by atoms with Crippen LogP contribution in [0.25, 0.3) is 10.9 Å². The zero-order chi connectivity index (χ0) is 13.6. The molecule has 102 valence electrons. The number of H-pyrrole nitrogens is 1. The number of nitrogens with one attached hydrogen (secondary N) is 2. The van der Waals surface area contributed by atoms with Crippen molar-refractivity contribution >= 4 is 10.9 Å². The normalized spacial score (nSPS) is 19.7. The Morgan fingerprint density at radius 2 is 2.05 bits per heavy atom. The molecule has 1 aliphatic carbocycles. The molecule has 1 aromatic heterocycles. The number of fused-ring (bicyclic) bond motifs is 3. The van der Waals surface area contributed by atoms with Crippen LogP contribution in [0.1, 0.15) is 44.0 Å². The molecule has 3 rings (SSSR count). The summed E-state index contributed by atoms with van der Waals surface area (Å²) < 4.78 is 0. The Balaban J connectivity index is 2.10. The Labute approximate surface area is 115 Å². The van der Waals surface area contributed by atoms with Gasteiger partial charge in [0, 0.05) is 29.1 Å². The van der Waals surface area contributed by atoms with Gasteiger partial charge in [0.05, 0.1) is 0 Å². The lowest BCUT2D eigenvalue weighted by Gasteiger charge is -2.22. The van der Waals surface area contributed by atoms with Crippen LogP contribution in [0.2, 0.25) is 0 Å². The van der Waals surface area contributed by atoms with Crippen LogP contribution in [0.3, 0.4) is 0 Å². The molecular weight excluding hydrogens is 232 g/mol. The molecule has 2 nitrogen and oxygen atoms in total. The van der Waals surface area contributed by atoms with Gasteiger partial charge in [-0.2, -0.15) is 0 Å². The lowest BCUT2D eigenvalue weighted by molar-refractivity contribution is 0.493. The van der Waals surface area contributed by atoms with Crippen molar-refractivity contribution in [2.45, 2.75) is 51.5 Å². The van der Waals surface area contributed by atoms with Gasteiger partial charge in [0.25, 0.3) is 0 Å². The molecule has 19 heavy (non-hydrogen) atoms. The van der Waals surface area contributed by atoms with Crippen LogP contribution in [0.15, 0.2) is 18.2 Å². The summed E-state index contributed by atoms with van der Waals surface area (Å²) in [6, 6.07) is 7.54. The number of aromatic amines is 1. The molecule has 2 N–H and O–H groups in total. The van der Waals surface area contributed by atoms with Crippen molar-refractivity contribution in [1.82, 2.24) is 10.3 Å². The fourth-order valence-corrected chi connectivity index (χ4v) is 3.14. The Morgan fingerprint density at radius 1 is 1.26 bits per heavy atom. The predicted molar refractivity (Wildman–Crippen MR) is 81.9 cm³/mol. The fourth-order valence-electron chi connectivity index (χ4n) is 3.14. The summed E-state index contributed by atoms with van der Waals surface area (Å²) in [4.78, 5) is 3.62. The second kappa shape index (κ2) is 4.38. The van der Waals surface area contributed by atoms with Gasteiger partial charge in [-0.15, -0.1) is 0 Å². The minimum atomic E-state index is 0.223. The summed E-state index contributed by atoms with van der Waals surface area (Å²) in [6.45, 7) is 6.85. The molecule has 0 amide bonds. The first-order valence-electron chi connectivity index (χ1n) is 7.30. The Hall–Kier alpha value is -1.28. The van der Waals surface area contributed by atoms with E-state index in [1.165, 1.54) is 35.0 Å². The monoisotopic (exact) mass is 256 g/mol. The largest absolute Gasteiger partial charge is 0.358 e. The second-order valence-corrected chi connectivity index (χ2v) is 6.82. The number of hydrogen-bond acceptors (Lipinski definition) is 1. The number of rotatable bonds is 1. The molecule has 1 aromatic carbocycles. The van der Waals surface area contributed by atoms with Crippen LogP contribution in [0, 0.1) is 0 Å². The maximum absolute atomic E-state index is 3.62. The van der Waals surface area contributed by atoms with Gasteiger partial charge in [-0.3, -0.25) is 0 Å². The minimum absolute atomic E-state index is 0.223. The molecular formula is C17H24N2. The van der Waals surface area contributed by atoms with Crippen molar-refractivity contribution in [3.05, 3.63) is 35.0 Å². The van der Waals surface area contributed by atoms with Crippen LogP contribution < -0.4 is 5.32 Å². The summed E-state index contributed by atoms with van der Waals surface area (Å²) in [5.74, 6) is 0. The van der Waals surface area contributed by atoms with E-state index in [4.69, 9.17) is 0 Å². The van der Waals surface area contributed by atoms with Crippen LogP contribution in [0.5, 0.6) is 0 Å². The minimum Gasteiger partial charge on any atom is -0.358 e. The summed E-state index contributed by atoms with van der Waals surface area (Å²) in [5.41, 5.74) is 5.94. The third-order valence-corrected chi connectivity index (χ3v) is 4.46. The summed E-state index contributed by atoms with van der Waals surface area (Å²) in [5, 5.41) is 4.85. The third-order valence-electron chi connectivity index (χ3n) is 4.46. The highest BCUT2D eigenvalue weighted by atomic mass is 14.9. The van der Waals surface area contributed by atoms with Gasteiger partial charge in [-0.05, 0) is 48.6 Å². The van der Waals surface area contributed by atoms with Crippen molar-refractivity contribution in [3.63, 3.8) is 0 Å². The molecule has 2 aromatic rings. The number of benzene rings is 1. The maximum Gasteiger partial charge on any atom is 0.0459 e. The van der Waals surface area contributed by atoms with E-state index in [9.17, 15) is 0 Å². The SMILES string of the molecule is CNC1CCc2c([nH]c3ccc(C(C)(C)C)cc23)C1. The molecule has 1 aliphatic rings. The number of hydrogen-bond donors (Lipinski definition) is 2. The first-order valence-corrected chi connectivity index (χ1v) is 7.30. The zero-order valence-corrected chi connectivity index (χ0v) is 12.4. The molecule has 0 spiro atoms.